The molecule has 1 aromatic rings. The highest BCUT2D eigenvalue weighted by atomic mass is 16.6. The second-order valence-electron chi connectivity index (χ2n) is 3.25. The zero-order valence-corrected chi connectivity index (χ0v) is 8.75. The Kier molecular flexibility index (Phi) is 4.15. The van der Waals surface area contributed by atoms with Crippen molar-refractivity contribution in [2.45, 2.75) is 12.8 Å². The van der Waals surface area contributed by atoms with E-state index < -0.39 is 16.8 Å². The van der Waals surface area contributed by atoms with Gasteiger partial charge in [-0.1, -0.05) is 6.07 Å². The van der Waals surface area contributed by atoms with Crippen LogP contribution in [0.5, 0.6) is 0 Å². The molecule has 17 heavy (non-hydrogen) atoms. The fourth-order valence-corrected chi connectivity index (χ4v) is 1.14. The summed E-state index contributed by atoms with van der Waals surface area (Å²) in [5.74, 6) is -1.56. The number of rotatable bonds is 5. The number of anilines is 1. The van der Waals surface area contributed by atoms with E-state index in [0.29, 0.717) is 0 Å². The predicted molar refractivity (Wildman–Crippen MR) is 58.6 cm³/mol. The minimum atomic E-state index is -1.07. The highest BCUT2D eigenvalue weighted by molar-refractivity contribution is 5.92. The molecule has 0 bridgehead atoms. The van der Waals surface area contributed by atoms with Gasteiger partial charge < -0.3 is 10.4 Å². The predicted octanol–water partition coefficient (Wildman–Crippen LogP) is 1.40. The molecule has 2 N–H and O–H groups in total. The first kappa shape index (κ1) is 12.6. The summed E-state index contributed by atoms with van der Waals surface area (Å²) in [7, 11) is 0. The number of non-ortho nitro benzene ring substituents is 1. The van der Waals surface area contributed by atoms with Gasteiger partial charge in [0.05, 0.1) is 11.3 Å². The van der Waals surface area contributed by atoms with Crippen LogP contribution in [0, 0.1) is 10.1 Å². The second kappa shape index (κ2) is 5.59. The van der Waals surface area contributed by atoms with Gasteiger partial charge in [-0.05, 0) is 6.07 Å². The maximum atomic E-state index is 11.3. The fraction of sp³-hybridized carbons (Fsp3) is 0.200. The van der Waals surface area contributed by atoms with Gasteiger partial charge in [-0.25, -0.2) is 0 Å². The van der Waals surface area contributed by atoms with Crippen LogP contribution in [0.1, 0.15) is 12.8 Å². The van der Waals surface area contributed by atoms with Gasteiger partial charge in [-0.2, -0.15) is 0 Å². The average Bonchev–Trinajstić information content (AvgIpc) is 2.26. The molecular weight excluding hydrogens is 228 g/mol. The number of hydrogen-bond donors (Lipinski definition) is 2. The molecule has 0 aliphatic rings. The summed E-state index contributed by atoms with van der Waals surface area (Å²) in [6.45, 7) is 0. The van der Waals surface area contributed by atoms with Gasteiger partial charge in [-0.15, -0.1) is 0 Å². The van der Waals surface area contributed by atoms with Gasteiger partial charge in [0.1, 0.15) is 0 Å². The number of aliphatic carboxylic acids is 1. The van der Waals surface area contributed by atoms with Gasteiger partial charge in [0.25, 0.3) is 5.69 Å². The first-order valence-corrected chi connectivity index (χ1v) is 4.75. The van der Waals surface area contributed by atoms with E-state index in [2.05, 4.69) is 5.32 Å². The number of nitrogens with one attached hydrogen (secondary N) is 1. The molecule has 1 aromatic carbocycles. The number of benzene rings is 1. The number of carboxylic acids is 1. The van der Waals surface area contributed by atoms with Crippen molar-refractivity contribution in [3.8, 4) is 0 Å². The molecule has 90 valence electrons. The molecule has 0 fully saturated rings. The first-order valence-electron chi connectivity index (χ1n) is 4.75. The maximum Gasteiger partial charge on any atom is 0.303 e. The zero-order chi connectivity index (χ0) is 12.8. The Bertz CT molecular complexity index is 458. The quantitative estimate of drug-likeness (QED) is 0.595. The van der Waals surface area contributed by atoms with E-state index in [1.165, 1.54) is 24.3 Å². The van der Waals surface area contributed by atoms with E-state index in [1.807, 2.05) is 0 Å². The van der Waals surface area contributed by atoms with Gasteiger partial charge in [0.15, 0.2) is 0 Å². The lowest BCUT2D eigenvalue weighted by Gasteiger charge is -2.03. The molecule has 1 amide bonds. The summed E-state index contributed by atoms with van der Waals surface area (Å²) < 4.78 is 0. The van der Waals surface area contributed by atoms with E-state index in [-0.39, 0.29) is 24.2 Å². The van der Waals surface area contributed by atoms with Gasteiger partial charge >= 0.3 is 5.97 Å². The van der Waals surface area contributed by atoms with Crippen LogP contribution in [-0.2, 0) is 9.59 Å². The van der Waals surface area contributed by atoms with Crippen LogP contribution in [-0.4, -0.2) is 21.9 Å². The van der Waals surface area contributed by atoms with Crippen LogP contribution in [0.4, 0.5) is 11.4 Å². The van der Waals surface area contributed by atoms with Crippen molar-refractivity contribution < 1.29 is 19.6 Å². The fourth-order valence-electron chi connectivity index (χ4n) is 1.14. The van der Waals surface area contributed by atoms with E-state index in [1.54, 1.807) is 0 Å². The van der Waals surface area contributed by atoms with E-state index in [4.69, 9.17) is 5.11 Å². The molecule has 7 heteroatoms. The lowest BCUT2D eigenvalue weighted by Crippen LogP contribution is -2.13. The molecule has 0 aliphatic carbocycles. The Morgan fingerprint density at radius 1 is 1.35 bits per heavy atom. The Labute approximate surface area is 96.2 Å². The van der Waals surface area contributed by atoms with Crippen LogP contribution >= 0.6 is 0 Å². The molecule has 0 heterocycles. The molecule has 0 unspecified atom stereocenters. The largest absolute Gasteiger partial charge is 0.481 e. The normalized spacial score (nSPS) is 9.65. The summed E-state index contributed by atoms with van der Waals surface area (Å²) in [5.41, 5.74) is 0.135. The minimum Gasteiger partial charge on any atom is -0.481 e. The van der Waals surface area contributed by atoms with Gasteiger partial charge in [0, 0.05) is 24.2 Å². The standard InChI is InChI=1S/C10H10N2O5/c13-9(4-5-10(14)15)11-7-2-1-3-8(6-7)12(16)17/h1-3,6H,4-5H2,(H,11,13)(H,14,15). The minimum absolute atomic E-state index is 0.138. The molecule has 1 rings (SSSR count). The van der Waals surface area contributed by atoms with Crippen molar-refractivity contribution in [1.29, 1.82) is 0 Å². The number of amides is 1. The maximum absolute atomic E-state index is 11.3. The van der Waals surface area contributed by atoms with E-state index in [9.17, 15) is 19.7 Å². The number of carboxylic acid groups (broad SMARTS) is 1. The number of carbonyl (C=O) groups is 2. The highest BCUT2D eigenvalue weighted by Crippen LogP contribution is 2.17. The van der Waals surface area contributed by atoms with Crippen molar-refractivity contribution in [1.82, 2.24) is 0 Å². The zero-order valence-electron chi connectivity index (χ0n) is 8.75. The van der Waals surface area contributed by atoms with Crippen molar-refractivity contribution in [3.05, 3.63) is 34.4 Å². The topological polar surface area (TPSA) is 110 Å². The Balaban J connectivity index is 2.62. The molecular formula is C10H10N2O5. The smallest absolute Gasteiger partial charge is 0.303 e. The van der Waals surface area contributed by atoms with Crippen LogP contribution in [0.25, 0.3) is 0 Å². The van der Waals surface area contributed by atoms with Crippen LogP contribution in [0.3, 0.4) is 0 Å². The highest BCUT2D eigenvalue weighted by Gasteiger charge is 2.09. The van der Waals surface area contributed by atoms with Crippen molar-refractivity contribution in [2.75, 3.05) is 5.32 Å². The third-order valence-electron chi connectivity index (χ3n) is 1.91. The Morgan fingerprint density at radius 3 is 2.65 bits per heavy atom. The summed E-state index contributed by atoms with van der Waals surface area (Å²) in [6, 6.07) is 5.43. The SMILES string of the molecule is O=C(O)CCC(=O)Nc1cccc([N+](=O)[O-])c1. The lowest BCUT2D eigenvalue weighted by molar-refractivity contribution is -0.384. The number of carbonyl (C=O) groups excluding carboxylic acids is 1. The number of nitrogens with zero attached hydrogens (tertiary/aromatic N) is 1. The summed E-state index contributed by atoms with van der Waals surface area (Å²) in [4.78, 5) is 31.4. The molecule has 0 radical (unpaired) electrons. The molecule has 7 nitrogen and oxygen atoms in total. The summed E-state index contributed by atoms with van der Waals surface area (Å²) in [6.07, 6.45) is -0.446. The molecule has 0 aromatic heterocycles. The molecule has 0 atom stereocenters. The Hall–Kier alpha value is -2.44. The van der Waals surface area contributed by atoms with Gasteiger partial charge in [-0.3, -0.25) is 19.7 Å². The third kappa shape index (κ3) is 4.29. The molecule has 0 aliphatic heterocycles. The lowest BCUT2D eigenvalue weighted by atomic mass is 10.2. The molecule has 0 saturated carbocycles. The van der Waals surface area contributed by atoms with Crippen molar-refractivity contribution in [3.63, 3.8) is 0 Å². The second-order valence-corrected chi connectivity index (χ2v) is 3.25. The summed E-state index contributed by atoms with van der Waals surface area (Å²) >= 11 is 0. The third-order valence-corrected chi connectivity index (χ3v) is 1.91. The van der Waals surface area contributed by atoms with E-state index >= 15 is 0 Å². The molecule has 0 spiro atoms. The number of nitro groups is 1. The van der Waals surface area contributed by atoms with Crippen molar-refractivity contribution >= 4 is 23.3 Å². The van der Waals surface area contributed by atoms with Crippen LogP contribution in [0.15, 0.2) is 24.3 Å². The average molecular weight is 238 g/mol. The monoisotopic (exact) mass is 238 g/mol. The van der Waals surface area contributed by atoms with Crippen molar-refractivity contribution in [2.24, 2.45) is 0 Å². The first-order chi connectivity index (χ1) is 7.99. The van der Waals surface area contributed by atoms with Crippen LogP contribution < -0.4 is 5.32 Å². The Morgan fingerprint density at radius 2 is 2.06 bits per heavy atom. The molecule has 0 saturated heterocycles. The number of nitro benzene ring substituents is 1. The van der Waals surface area contributed by atoms with E-state index in [0.717, 1.165) is 0 Å². The van der Waals surface area contributed by atoms with Gasteiger partial charge in [0.2, 0.25) is 5.91 Å². The summed E-state index contributed by atoms with van der Waals surface area (Å²) in [5, 5.41) is 21.2. The number of hydrogen-bond acceptors (Lipinski definition) is 4. The van der Waals surface area contributed by atoms with Crippen LogP contribution in [0.2, 0.25) is 0 Å².